The molecule has 0 spiro atoms. The molecule has 96 valence electrons. The lowest BCUT2D eigenvalue weighted by Gasteiger charge is -2.19. The molecule has 2 N–H and O–H groups in total. The summed E-state index contributed by atoms with van der Waals surface area (Å²) in [5, 5.41) is 0.541. The number of halogens is 1. The van der Waals surface area contributed by atoms with Crippen LogP contribution in [0.15, 0.2) is 23.1 Å². The van der Waals surface area contributed by atoms with Crippen LogP contribution in [0.2, 0.25) is 5.02 Å². The van der Waals surface area contributed by atoms with Crippen LogP contribution in [-0.4, -0.2) is 22.2 Å². The molecular weight excluding hydrogens is 258 g/mol. The van der Waals surface area contributed by atoms with Gasteiger partial charge in [-0.25, -0.2) is 0 Å². The van der Waals surface area contributed by atoms with E-state index in [-0.39, 0.29) is 5.60 Å². The van der Waals surface area contributed by atoms with Crippen LogP contribution in [0, 0.1) is 0 Å². The maximum atomic E-state index is 12.0. The van der Waals surface area contributed by atoms with Crippen LogP contribution < -0.4 is 5.73 Å². The monoisotopic (exact) mass is 275 g/mol. The van der Waals surface area contributed by atoms with Crippen LogP contribution in [0.4, 0.5) is 5.69 Å². The maximum Gasteiger partial charge on any atom is 0.0633 e. The molecule has 0 fully saturated rings. The molecule has 1 atom stereocenters. The second-order valence-electron chi connectivity index (χ2n) is 4.69. The fourth-order valence-corrected chi connectivity index (χ4v) is 2.52. The predicted molar refractivity (Wildman–Crippen MR) is 72.8 cm³/mol. The van der Waals surface area contributed by atoms with Gasteiger partial charge in [0.25, 0.3) is 0 Å². The summed E-state index contributed by atoms with van der Waals surface area (Å²) in [5.74, 6) is 0.418. The van der Waals surface area contributed by atoms with Crippen LogP contribution in [-0.2, 0) is 15.5 Å². The van der Waals surface area contributed by atoms with Crippen molar-refractivity contribution in [2.24, 2.45) is 0 Å². The maximum absolute atomic E-state index is 12.0. The fourth-order valence-electron chi connectivity index (χ4n) is 1.24. The molecular formula is C12H18ClNO2S. The van der Waals surface area contributed by atoms with Crippen LogP contribution in [0.5, 0.6) is 0 Å². The van der Waals surface area contributed by atoms with Crippen molar-refractivity contribution < 1.29 is 8.95 Å². The first-order valence-electron chi connectivity index (χ1n) is 5.37. The normalized spacial score (nSPS) is 13.6. The Morgan fingerprint density at radius 3 is 2.65 bits per heavy atom. The van der Waals surface area contributed by atoms with Gasteiger partial charge in [0.05, 0.1) is 33.7 Å². The highest BCUT2D eigenvalue weighted by molar-refractivity contribution is 7.85. The highest BCUT2D eigenvalue weighted by Gasteiger charge is 2.13. The molecule has 0 aliphatic heterocycles. The van der Waals surface area contributed by atoms with Crippen molar-refractivity contribution >= 4 is 28.1 Å². The minimum atomic E-state index is -1.17. The van der Waals surface area contributed by atoms with E-state index in [0.717, 1.165) is 0 Å². The van der Waals surface area contributed by atoms with Gasteiger partial charge in [-0.1, -0.05) is 11.6 Å². The minimum Gasteiger partial charge on any atom is -0.398 e. The van der Waals surface area contributed by atoms with Crippen molar-refractivity contribution in [2.45, 2.75) is 31.3 Å². The Kier molecular flexibility index (Phi) is 4.98. The number of nitrogen functional groups attached to an aromatic ring is 1. The second kappa shape index (κ2) is 5.85. The Morgan fingerprint density at radius 1 is 1.41 bits per heavy atom. The summed E-state index contributed by atoms with van der Waals surface area (Å²) >= 11 is 5.85. The van der Waals surface area contributed by atoms with Crippen LogP contribution in [0.1, 0.15) is 20.8 Å². The van der Waals surface area contributed by atoms with E-state index in [1.807, 2.05) is 20.8 Å². The van der Waals surface area contributed by atoms with Crippen molar-refractivity contribution in [1.82, 2.24) is 0 Å². The zero-order chi connectivity index (χ0) is 13.1. The van der Waals surface area contributed by atoms with E-state index in [1.165, 1.54) is 0 Å². The highest BCUT2D eigenvalue weighted by Crippen LogP contribution is 2.21. The zero-order valence-electron chi connectivity index (χ0n) is 10.3. The lowest BCUT2D eigenvalue weighted by Crippen LogP contribution is -2.22. The summed E-state index contributed by atoms with van der Waals surface area (Å²) in [4.78, 5) is 0.579. The fraction of sp³-hybridized carbons (Fsp3) is 0.500. The largest absolute Gasteiger partial charge is 0.398 e. The number of hydrogen-bond acceptors (Lipinski definition) is 3. The molecule has 0 radical (unpaired) electrons. The lowest BCUT2D eigenvalue weighted by molar-refractivity contribution is 0.00669. The second-order valence-corrected chi connectivity index (χ2v) is 6.67. The number of ether oxygens (including phenoxy) is 1. The van der Waals surface area contributed by atoms with Crippen molar-refractivity contribution in [3.05, 3.63) is 23.2 Å². The number of rotatable bonds is 4. The van der Waals surface area contributed by atoms with Gasteiger partial charge in [0.1, 0.15) is 0 Å². The molecule has 0 aliphatic carbocycles. The summed E-state index contributed by atoms with van der Waals surface area (Å²) in [6.45, 7) is 6.32. The first-order chi connectivity index (χ1) is 7.79. The van der Waals surface area contributed by atoms with Gasteiger partial charge < -0.3 is 10.5 Å². The van der Waals surface area contributed by atoms with Crippen molar-refractivity contribution in [2.75, 3.05) is 18.1 Å². The SMILES string of the molecule is CC(C)(C)OCCS(=O)c1cc(Cl)ccc1N. The summed E-state index contributed by atoms with van der Waals surface area (Å²) < 4.78 is 17.5. The quantitative estimate of drug-likeness (QED) is 0.860. The molecule has 3 nitrogen and oxygen atoms in total. The number of benzene rings is 1. The molecule has 1 rings (SSSR count). The third-order valence-electron chi connectivity index (χ3n) is 2.02. The Bertz CT molecular complexity index is 415. The van der Waals surface area contributed by atoms with E-state index < -0.39 is 10.8 Å². The molecule has 5 heteroatoms. The van der Waals surface area contributed by atoms with Crippen LogP contribution in [0.25, 0.3) is 0 Å². The average molecular weight is 276 g/mol. The van der Waals surface area contributed by atoms with Crippen LogP contribution in [0.3, 0.4) is 0 Å². The van der Waals surface area contributed by atoms with E-state index >= 15 is 0 Å². The van der Waals surface area contributed by atoms with Gasteiger partial charge in [-0.2, -0.15) is 0 Å². The molecule has 0 aliphatic rings. The Morgan fingerprint density at radius 2 is 2.06 bits per heavy atom. The summed E-state index contributed by atoms with van der Waals surface area (Å²) in [7, 11) is -1.17. The topological polar surface area (TPSA) is 52.3 Å². The highest BCUT2D eigenvalue weighted by atomic mass is 35.5. The van der Waals surface area contributed by atoms with Gasteiger partial charge in [-0.05, 0) is 39.0 Å². The molecule has 1 unspecified atom stereocenters. The minimum absolute atomic E-state index is 0.218. The number of anilines is 1. The molecule has 0 aromatic heterocycles. The third kappa shape index (κ3) is 5.06. The van der Waals surface area contributed by atoms with Gasteiger partial charge in [-0.3, -0.25) is 4.21 Å². The molecule has 17 heavy (non-hydrogen) atoms. The Hall–Kier alpha value is -0.580. The van der Waals surface area contributed by atoms with Gasteiger partial charge in [0.15, 0.2) is 0 Å². The summed E-state index contributed by atoms with van der Waals surface area (Å²) in [6, 6.07) is 4.99. The van der Waals surface area contributed by atoms with Gasteiger partial charge in [-0.15, -0.1) is 0 Å². The molecule has 1 aromatic carbocycles. The average Bonchev–Trinajstić information content (AvgIpc) is 2.19. The molecule has 0 heterocycles. The number of hydrogen-bond donors (Lipinski definition) is 1. The van der Waals surface area contributed by atoms with Crippen molar-refractivity contribution in [3.8, 4) is 0 Å². The van der Waals surface area contributed by atoms with E-state index in [1.54, 1.807) is 18.2 Å². The number of nitrogens with two attached hydrogens (primary N) is 1. The van der Waals surface area contributed by atoms with Crippen molar-refractivity contribution in [3.63, 3.8) is 0 Å². The van der Waals surface area contributed by atoms with E-state index in [9.17, 15) is 4.21 Å². The first-order valence-corrected chi connectivity index (χ1v) is 7.06. The zero-order valence-corrected chi connectivity index (χ0v) is 11.9. The van der Waals surface area contributed by atoms with E-state index in [0.29, 0.717) is 28.0 Å². The Labute approximate surface area is 110 Å². The van der Waals surface area contributed by atoms with Crippen LogP contribution >= 0.6 is 11.6 Å². The standard InChI is InChI=1S/C12H18ClNO2S/c1-12(2,3)16-6-7-17(15)11-8-9(13)4-5-10(11)14/h4-5,8H,6-7,14H2,1-3H3. The summed E-state index contributed by atoms with van der Waals surface area (Å²) in [6.07, 6.45) is 0. The lowest BCUT2D eigenvalue weighted by atomic mass is 10.2. The predicted octanol–water partition coefficient (Wildman–Crippen LogP) is 2.84. The van der Waals surface area contributed by atoms with E-state index in [2.05, 4.69) is 0 Å². The Balaban J connectivity index is 2.61. The van der Waals surface area contributed by atoms with Gasteiger partial charge in [0, 0.05) is 10.7 Å². The molecule has 0 saturated heterocycles. The third-order valence-corrected chi connectivity index (χ3v) is 3.64. The molecule has 1 aromatic rings. The smallest absolute Gasteiger partial charge is 0.0633 e. The van der Waals surface area contributed by atoms with Gasteiger partial charge >= 0.3 is 0 Å². The molecule has 0 saturated carbocycles. The van der Waals surface area contributed by atoms with Crippen molar-refractivity contribution in [1.29, 1.82) is 0 Å². The van der Waals surface area contributed by atoms with E-state index in [4.69, 9.17) is 22.1 Å². The molecule has 0 bridgehead atoms. The summed E-state index contributed by atoms with van der Waals surface area (Å²) in [5.41, 5.74) is 6.04. The molecule has 0 amide bonds. The first kappa shape index (κ1) is 14.5. The van der Waals surface area contributed by atoms with Gasteiger partial charge in [0.2, 0.25) is 0 Å².